The Hall–Kier alpha value is -0.270. The van der Waals surface area contributed by atoms with Gasteiger partial charge in [-0.05, 0) is 56.1 Å². The van der Waals surface area contributed by atoms with Crippen LogP contribution < -0.4 is 0 Å². The summed E-state index contributed by atoms with van der Waals surface area (Å²) in [5.41, 5.74) is 0.108. The molecule has 0 atom stereocenters. The van der Waals surface area contributed by atoms with Gasteiger partial charge in [0.05, 0.1) is 5.75 Å². The van der Waals surface area contributed by atoms with E-state index < -0.39 is 24.0 Å². The second-order valence-electron chi connectivity index (χ2n) is 3.26. The molecule has 0 saturated heterocycles. The highest BCUT2D eigenvalue weighted by Crippen LogP contribution is 2.36. The molecule has 0 aliphatic rings. The maximum absolute atomic E-state index is 12.7. The van der Waals surface area contributed by atoms with Crippen molar-refractivity contribution >= 4 is 47.5 Å². The lowest BCUT2D eigenvalue weighted by molar-refractivity contribution is 0.100. The van der Waals surface area contributed by atoms with Gasteiger partial charge in [-0.3, -0.25) is 4.79 Å². The van der Waals surface area contributed by atoms with Crippen molar-refractivity contribution in [3.63, 3.8) is 0 Å². The van der Waals surface area contributed by atoms with Gasteiger partial charge in [-0.15, -0.1) is 0 Å². The maximum Gasteiger partial charge on any atom is 0.243 e. The fourth-order valence-corrected chi connectivity index (χ4v) is 3.69. The van der Waals surface area contributed by atoms with Gasteiger partial charge in [-0.1, -0.05) is 6.92 Å². The number of hydrogen-bond donors (Lipinski definition) is 0. The van der Waals surface area contributed by atoms with Crippen LogP contribution in [0.15, 0.2) is 24.3 Å². The van der Waals surface area contributed by atoms with E-state index in [9.17, 15) is 17.6 Å². The molecule has 0 bridgehead atoms. The molecule has 7 heteroatoms. The van der Waals surface area contributed by atoms with Gasteiger partial charge in [-0.2, -0.15) is 0 Å². The van der Waals surface area contributed by atoms with Crippen LogP contribution >= 0.6 is 31.9 Å². The van der Waals surface area contributed by atoms with E-state index >= 15 is 0 Å². The fourth-order valence-electron chi connectivity index (χ4n) is 1.09. The van der Waals surface area contributed by atoms with Crippen LogP contribution in [0.5, 0.6) is 0 Å². The minimum atomic E-state index is -3.67. The van der Waals surface area contributed by atoms with Crippen LogP contribution in [-0.4, -0.2) is 22.5 Å². The SMILES string of the molecule is CCS(=O)(=O)C(Br)(Br)C(=O)c1ccc(F)cc1. The van der Waals surface area contributed by atoms with Gasteiger partial charge in [0, 0.05) is 5.56 Å². The number of hydrogen-bond acceptors (Lipinski definition) is 3. The molecular weight excluding hydrogens is 379 g/mol. The molecule has 3 nitrogen and oxygen atoms in total. The first-order valence-corrected chi connectivity index (χ1v) is 7.86. The van der Waals surface area contributed by atoms with Crippen molar-refractivity contribution in [1.29, 1.82) is 0 Å². The average Bonchev–Trinajstić information content (AvgIpc) is 2.28. The topological polar surface area (TPSA) is 51.2 Å². The van der Waals surface area contributed by atoms with E-state index in [1.807, 2.05) is 0 Å². The Bertz CT molecular complexity index is 523. The highest BCUT2D eigenvalue weighted by Gasteiger charge is 2.45. The van der Waals surface area contributed by atoms with Crippen LogP contribution in [0, 0.1) is 5.82 Å². The second kappa shape index (κ2) is 5.16. The highest BCUT2D eigenvalue weighted by atomic mass is 79.9. The lowest BCUT2D eigenvalue weighted by Crippen LogP contribution is -2.35. The largest absolute Gasteiger partial charge is 0.290 e. The lowest BCUT2D eigenvalue weighted by atomic mass is 10.1. The van der Waals surface area contributed by atoms with Crippen molar-refractivity contribution in [3.05, 3.63) is 35.6 Å². The van der Waals surface area contributed by atoms with Crippen molar-refractivity contribution < 1.29 is 17.6 Å². The molecule has 0 aliphatic carbocycles. The summed E-state index contributed by atoms with van der Waals surface area (Å²) < 4.78 is 34.3. The van der Waals surface area contributed by atoms with Crippen molar-refractivity contribution in [2.24, 2.45) is 0 Å². The quantitative estimate of drug-likeness (QED) is 0.589. The first-order chi connectivity index (χ1) is 7.72. The molecule has 94 valence electrons. The third kappa shape index (κ3) is 2.95. The van der Waals surface area contributed by atoms with E-state index in [2.05, 4.69) is 31.9 Å². The first-order valence-electron chi connectivity index (χ1n) is 4.63. The standard InChI is InChI=1S/C10H9Br2FO3S/c1-2-17(15,16)10(11,12)9(14)7-3-5-8(13)6-4-7/h3-6H,2H2,1H3. The number of ketones is 1. The van der Waals surface area contributed by atoms with Gasteiger partial charge in [0.25, 0.3) is 0 Å². The summed E-state index contributed by atoms with van der Waals surface area (Å²) in [4.78, 5) is 12.0. The van der Waals surface area contributed by atoms with E-state index in [4.69, 9.17) is 0 Å². The van der Waals surface area contributed by atoms with Gasteiger partial charge in [0.2, 0.25) is 8.35 Å². The normalized spacial score (nSPS) is 12.5. The summed E-state index contributed by atoms with van der Waals surface area (Å²) in [7, 11) is -3.67. The van der Waals surface area contributed by atoms with Crippen molar-refractivity contribution in [3.8, 4) is 0 Å². The Morgan fingerprint density at radius 1 is 1.29 bits per heavy atom. The molecule has 0 saturated carbocycles. The number of benzene rings is 1. The number of carbonyl (C=O) groups is 1. The van der Waals surface area contributed by atoms with Gasteiger partial charge < -0.3 is 0 Å². The zero-order valence-corrected chi connectivity index (χ0v) is 12.8. The van der Waals surface area contributed by atoms with Crippen LogP contribution in [0.3, 0.4) is 0 Å². The van der Waals surface area contributed by atoms with Gasteiger partial charge in [0.1, 0.15) is 5.82 Å². The van der Waals surface area contributed by atoms with Crippen molar-refractivity contribution in [2.75, 3.05) is 5.75 Å². The summed E-state index contributed by atoms with van der Waals surface area (Å²) in [6.07, 6.45) is 0. The van der Waals surface area contributed by atoms with Crippen molar-refractivity contribution in [1.82, 2.24) is 0 Å². The number of sulfone groups is 1. The van der Waals surface area contributed by atoms with Gasteiger partial charge in [0.15, 0.2) is 9.84 Å². The molecule has 0 aromatic heterocycles. The smallest absolute Gasteiger partial charge is 0.243 e. The zero-order valence-electron chi connectivity index (χ0n) is 8.78. The van der Waals surface area contributed by atoms with E-state index in [-0.39, 0.29) is 11.3 Å². The lowest BCUT2D eigenvalue weighted by Gasteiger charge is -2.18. The number of halogens is 3. The molecule has 1 aromatic rings. The van der Waals surface area contributed by atoms with E-state index in [1.165, 1.54) is 19.1 Å². The van der Waals surface area contributed by atoms with Crippen molar-refractivity contribution in [2.45, 2.75) is 9.49 Å². The number of alkyl halides is 2. The highest BCUT2D eigenvalue weighted by molar-refractivity contribution is 9.28. The van der Waals surface area contributed by atoms with Gasteiger partial charge >= 0.3 is 0 Å². The number of rotatable bonds is 4. The summed E-state index contributed by atoms with van der Waals surface area (Å²) in [6.45, 7) is 1.44. The molecule has 1 aromatic carbocycles. The van der Waals surface area contributed by atoms with Crippen LogP contribution in [0.25, 0.3) is 0 Å². The molecule has 17 heavy (non-hydrogen) atoms. The molecule has 0 radical (unpaired) electrons. The molecular formula is C10H9Br2FO3S. The first kappa shape index (κ1) is 14.8. The molecule has 1 rings (SSSR count). The van der Waals surface area contributed by atoms with Gasteiger partial charge in [-0.25, -0.2) is 12.8 Å². The van der Waals surface area contributed by atoms with Crippen LogP contribution in [0.1, 0.15) is 17.3 Å². The second-order valence-corrected chi connectivity index (χ2v) is 10.2. The Kier molecular flexibility index (Phi) is 4.49. The maximum atomic E-state index is 12.7. The summed E-state index contributed by atoms with van der Waals surface area (Å²) >= 11 is 5.74. The molecule has 0 heterocycles. The molecule has 0 aliphatic heterocycles. The minimum absolute atomic E-state index is 0.108. The predicted molar refractivity (Wildman–Crippen MR) is 70.8 cm³/mol. The average molecular weight is 388 g/mol. The molecule has 0 amide bonds. The van der Waals surface area contributed by atoms with E-state index in [0.717, 1.165) is 12.1 Å². The molecule has 0 fully saturated rings. The fraction of sp³-hybridized carbons (Fsp3) is 0.300. The zero-order chi connectivity index (χ0) is 13.3. The Labute approximate surface area is 116 Å². The predicted octanol–water partition coefficient (Wildman–Crippen LogP) is 2.89. The summed E-state index contributed by atoms with van der Waals surface area (Å²) in [5, 5.41) is 0. The Morgan fingerprint density at radius 3 is 2.18 bits per heavy atom. The summed E-state index contributed by atoms with van der Waals surface area (Å²) in [5.74, 6) is -1.37. The monoisotopic (exact) mass is 386 g/mol. The third-order valence-corrected chi connectivity index (χ3v) is 7.55. The third-order valence-electron chi connectivity index (χ3n) is 2.14. The Morgan fingerprint density at radius 2 is 1.76 bits per heavy atom. The number of carbonyl (C=O) groups excluding carboxylic acids is 1. The minimum Gasteiger partial charge on any atom is -0.290 e. The van der Waals surface area contributed by atoms with Crippen LogP contribution in [0.2, 0.25) is 0 Å². The molecule has 0 N–H and O–H groups in total. The summed E-state index contributed by atoms with van der Waals surface area (Å²) in [6, 6.07) is 4.67. The molecule has 0 unspecified atom stereocenters. The van der Waals surface area contributed by atoms with Crippen LogP contribution in [0.4, 0.5) is 4.39 Å². The van der Waals surface area contributed by atoms with E-state index in [1.54, 1.807) is 0 Å². The molecule has 0 spiro atoms. The van der Waals surface area contributed by atoms with Crippen LogP contribution in [-0.2, 0) is 9.84 Å². The Balaban J connectivity index is 3.18. The van der Waals surface area contributed by atoms with E-state index in [0.29, 0.717) is 0 Å². The number of Topliss-reactive ketones (excluding diaryl/α,β-unsaturated/α-hetero) is 1.